The van der Waals surface area contributed by atoms with Crippen molar-refractivity contribution in [3.05, 3.63) is 134 Å². The fraction of sp³-hybridized carbons (Fsp3) is 0.627. The number of hydrogen-bond donors (Lipinski definition) is 0. The summed E-state index contributed by atoms with van der Waals surface area (Å²) in [6.07, 6.45) is 84.7. The second kappa shape index (κ2) is 60.1. The normalized spacial score (nSPS) is 13.1. The number of allylic oxidation sites excluding steroid dienone is 22. The molecule has 0 aromatic rings. The number of esters is 3. The number of carbonyl (C=O) groups is 3. The second-order valence-corrected chi connectivity index (χ2v) is 19.1. The predicted octanol–water partition coefficient (Wildman–Crippen LogP) is 20.2. The Morgan fingerprint density at radius 1 is 0.288 bits per heavy atom. The molecule has 0 saturated heterocycles. The van der Waals surface area contributed by atoms with E-state index in [0.717, 1.165) is 135 Å². The Morgan fingerprint density at radius 2 is 0.534 bits per heavy atom. The SMILES string of the molecule is CC/C=C\C/C=C\C/C=C\C/C=C\C/C=C\C/C=C\C/C=C\CCCCCC(=O)OCC(COC(=O)CCCCCCCCC)OC(=O)CCCCCCCCCCCC/C=C\C/C=C\C/C=C\C/C=C\CC. The highest BCUT2D eigenvalue weighted by Gasteiger charge is 2.19. The summed E-state index contributed by atoms with van der Waals surface area (Å²) >= 11 is 0. The van der Waals surface area contributed by atoms with Gasteiger partial charge in [-0.3, -0.25) is 14.4 Å². The highest BCUT2D eigenvalue weighted by atomic mass is 16.6. The summed E-state index contributed by atoms with van der Waals surface area (Å²) in [6.45, 7) is 6.33. The average molecular weight is 1010 g/mol. The third-order valence-corrected chi connectivity index (χ3v) is 12.2. The minimum atomic E-state index is -0.797. The van der Waals surface area contributed by atoms with Gasteiger partial charge in [0.05, 0.1) is 0 Å². The summed E-state index contributed by atoms with van der Waals surface area (Å²) in [5.41, 5.74) is 0. The Balaban J connectivity index is 4.29. The zero-order chi connectivity index (χ0) is 52.9. The number of unbranched alkanes of at least 4 members (excludes halogenated alkanes) is 19. The van der Waals surface area contributed by atoms with E-state index in [2.05, 4.69) is 154 Å². The molecular formula is C67H108O6. The summed E-state index contributed by atoms with van der Waals surface area (Å²) in [5.74, 6) is -0.942. The lowest BCUT2D eigenvalue weighted by atomic mass is 10.0. The van der Waals surface area contributed by atoms with Crippen molar-refractivity contribution in [3.8, 4) is 0 Å². The van der Waals surface area contributed by atoms with Crippen molar-refractivity contribution in [2.45, 2.75) is 258 Å². The molecule has 0 heterocycles. The number of ether oxygens (including phenoxy) is 3. The van der Waals surface area contributed by atoms with E-state index in [1.54, 1.807) is 0 Å². The Kier molecular flexibility index (Phi) is 56.4. The van der Waals surface area contributed by atoms with Crippen molar-refractivity contribution < 1.29 is 28.6 Å². The van der Waals surface area contributed by atoms with Gasteiger partial charge in [-0.15, -0.1) is 0 Å². The molecule has 0 N–H and O–H groups in total. The van der Waals surface area contributed by atoms with Gasteiger partial charge in [-0.1, -0.05) is 251 Å². The van der Waals surface area contributed by atoms with Crippen LogP contribution >= 0.6 is 0 Å². The van der Waals surface area contributed by atoms with Gasteiger partial charge in [0.2, 0.25) is 0 Å². The number of carbonyl (C=O) groups excluding carboxylic acids is 3. The quantitative estimate of drug-likeness (QED) is 0.0261. The van der Waals surface area contributed by atoms with Crippen LogP contribution in [0.25, 0.3) is 0 Å². The molecule has 0 radical (unpaired) electrons. The maximum atomic E-state index is 12.8. The van der Waals surface area contributed by atoms with Crippen molar-refractivity contribution in [1.29, 1.82) is 0 Å². The Bertz CT molecular complexity index is 1580. The van der Waals surface area contributed by atoms with Crippen molar-refractivity contribution in [2.24, 2.45) is 0 Å². The summed E-state index contributed by atoms with van der Waals surface area (Å²) < 4.78 is 16.8. The van der Waals surface area contributed by atoms with Crippen molar-refractivity contribution in [3.63, 3.8) is 0 Å². The summed E-state index contributed by atoms with van der Waals surface area (Å²) in [4.78, 5) is 38.0. The number of hydrogen-bond acceptors (Lipinski definition) is 6. The van der Waals surface area contributed by atoms with Gasteiger partial charge < -0.3 is 14.2 Å². The molecule has 0 aliphatic heterocycles. The molecule has 1 atom stereocenters. The summed E-state index contributed by atoms with van der Waals surface area (Å²) in [6, 6.07) is 0. The van der Waals surface area contributed by atoms with Crippen molar-refractivity contribution in [1.82, 2.24) is 0 Å². The third-order valence-electron chi connectivity index (χ3n) is 12.2. The monoisotopic (exact) mass is 1010 g/mol. The van der Waals surface area contributed by atoms with Crippen LogP contribution in [0, 0.1) is 0 Å². The average Bonchev–Trinajstić information content (AvgIpc) is 3.39. The molecule has 0 rings (SSSR count). The molecule has 1 unspecified atom stereocenters. The van der Waals surface area contributed by atoms with Gasteiger partial charge in [0.1, 0.15) is 13.2 Å². The van der Waals surface area contributed by atoms with Crippen LogP contribution in [0.5, 0.6) is 0 Å². The third kappa shape index (κ3) is 58.3. The maximum Gasteiger partial charge on any atom is 0.306 e. The van der Waals surface area contributed by atoms with Crippen LogP contribution in [0.4, 0.5) is 0 Å². The van der Waals surface area contributed by atoms with Crippen LogP contribution in [0.15, 0.2) is 134 Å². The van der Waals surface area contributed by atoms with Gasteiger partial charge in [-0.2, -0.15) is 0 Å². The Labute approximate surface area is 449 Å². The molecule has 412 valence electrons. The second-order valence-electron chi connectivity index (χ2n) is 19.1. The minimum absolute atomic E-state index is 0.0936. The Morgan fingerprint density at radius 3 is 0.849 bits per heavy atom. The molecule has 0 fully saturated rings. The smallest absolute Gasteiger partial charge is 0.306 e. The molecular weight excluding hydrogens is 901 g/mol. The van der Waals surface area contributed by atoms with E-state index in [1.165, 1.54) is 77.0 Å². The fourth-order valence-electron chi connectivity index (χ4n) is 7.77. The lowest BCUT2D eigenvalue weighted by molar-refractivity contribution is -0.167. The van der Waals surface area contributed by atoms with Crippen LogP contribution < -0.4 is 0 Å². The first kappa shape index (κ1) is 68.6. The molecule has 6 heteroatoms. The van der Waals surface area contributed by atoms with E-state index >= 15 is 0 Å². The molecule has 0 aromatic heterocycles. The van der Waals surface area contributed by atoms with E-state index < -0.39 is 6.10 Å². The van der Waals surface area contributed by atoms with E-state index in [9.17, 15) is 14.4 Å². The minimum Gasteiger partial charge on any atom is -0.462 e. The summed E-state index contributed by atoms with van der Waals surface area (Å²) in [5, 5.41) is 0. The van der Waals surface area contributed by atoms with E-state index in [4.69, 9.17) is 14.2 Å². The van der Waals surface area contributed by atoms with Crippen LogP contribution in [-0.2, 0) is 28.6 Å². The first-order valence-electron chi connectivity index (χ1n) is 29.7. The van der Waals surface area contributed by atoms with Crippen LogP contribution in [0.2, 0.25) is 0 Å². The van der Waals surface area contributed by atoms with Gasteiger partial charge in [0, 0.05) is 19.3 Å². The standard InChI is InChI=1S/C67H108O6/c1-4-7-10-13-16-18-20-22-24-26-28-30-32-33-35-36-38-40-42-44-46-48-51-54-57-60-66(69)72-63-64(62-71-65(68)59-56-53-50-15-12-9-6-3)73-67(70)61-58-55-52-49-47-45-43-41-39-37-34-31-29-27-25-23-21-19-17-14-11-8-5-2/h7-8,10-11,16-19,22-25,28-31,33,35,38,40,44,46,64H,4-6,9,12-15,20-21,26-27,32,34,36-37,39,41-43,45,47-63H2,1-3H3/b10-7-,11-8-,18-16-,19-17-,24-22-,25-23-,30-28-,31-29-,35-33-,40-38-,46-44-. The molecule has 0 bridgehead atoms. The van der Waals surface area contributed by atoms with Crippen molar-refractivity contribution >= 4 is 17.9 Å². The van der Waals surface area contributed by atoms with Gasteiger partial charge in [-0.05, 0) is 116 Å². The molecule has 0 aliphatic carbocycles. The first-order valence-corrected chi connectivity index (χ1v) is 29.7. The molecule has 0 aromatic carbocycles. The Hall–Kier alpha value is -4.45. The van der Waals surface area contributed by atoms with Gasteiger partial charge >= 0.3 is 17.9 Å². The van der Waals surface area contributed by atoms with Crippen LogP contribution in [0.3, 0.4) is 0 Å². The van der Waals surface area contributed by atoms with E-state index in [-0.39, 0.29) is 31.1 Å². The van der Waals surface area contributed by atoms with Gasteiger partial charge in [0.15, 0.2) is 6.10 Å². The largest absolute Gasteiger partial charge is 0.462 e. The molecule has 0 aliphatic rings. The lowest BCUT2D eigenvalue weighted by Crippen LogP contribution is -2.30. The van der Waals surface area contributed by atoms with Gasteiger partial charge in [0.25, 0.3) is 0 Å². The topological polar surface area (TPSA) is 78.9 Å². The molecule has 6 nitrogen and oxygen atoms in total. The summed E-state index contributed by atoms with van der Waals surface area (Å²) in [7, 11) is 0. The van der Waals surface area contributed by atoms with Crippen molar-refractivity contribution in [2.75, 3.05) is 13.2 Å². The molecule has 73 heavy (non-hydrogen) atoms. The predicted molar refractivity (Wildman–Crippen MR) is 316 cm³/mol. The zero-order valence-corrected chi connectivity index (χ0v) is 47.1. The molecule has 0 saturated carbocycles. The zero-order valence-electron chi connectivity index (χ0n) is 47.1. The molecule has 0 spiro atoms. The van der Waals surface area contributed by atoms with E-state index in [1.807, 2.05) is 0 Å². The fourth-order valence-corrected chi connectivity index (χ4v) is 7.77. The van der Waals surface area contributed by atoms with Crippen LogP contribution in [0.1, 0.15) is 252 Å². The van der Waals surface area contributed by atoms with Gasteiger partial charge in [-0.25, -0.2) is 0 Å². The number of rotatable bonds is 52. The van der Waals surface area contributed by atoms with Crippen LogP contribution in [-0.4, -0.2) is 37.2 Å². The van der Waals surface area contributed by atoms with E-state index in [0.29, 0.717) is 19.3 Å². The first-order chi connectivity index (χ1) is 36.0. The molecule has 0 amide bonds. The highest BCUT2D eigenvalue weighted by molar-refractivity contribution is 5.71. The lowest BCUT2D eigenvalue weighted by Gasteiger charge is -2.18. The highest BCUT2D eigenvalue weighted by Crippen LogP contribution is 2.14. The maximum absolute atomic E-state index is 12.8.